The highest BCUT2D eigenvalue weighted by Gasteiger charge is 2.28. The molecule has 1 aromatic rings. The number of likely N-dealkylation sites (tertiary alicyclic amines) is 1. The minimum Gasteiger partial charge on any atom is -0.304 e. The molecule has 1 atom stereocenters. The van der Waals surface area contributed by atoms with Crippen LogP contribution in [0.15, 0.2) is 30.3 Å². The normalized spacial score (nSPS) is 22.8. The van der Waals surface area contributed by atoms with E-state index < -0.39 is 10.2 Å². The van der Waals surface area contributed by atoms with Crippen LogP contribution < -0.4 is 4.72 Å². The fourth-order valence-corrected chi connectivity index (χ4v) is 5.04. The van der Waals surface area contributed by atoms with Crippen molar-refractivity contribution in [3.63, 3.8) is 0 Å². The van der Waals surface area contributed by atoms with E-state index in [-0.39, 0.29) is 6.04 Å². The zero-order valence-electron chi connectivity index (χ0n) is 15.8. The first-order chi connectivity index (χ1) is 12.6. The molecule has 0 aromatic heterocycles. The Bertz CT molecular complexity index is 637. The molecule has 2 heterocycles. The third-order valence-electron chi connectivity index (χ3n) is 5.53. The zero-order chi connectivity index (χ0) is 18.4. The summed E-state index contributed by atoms with van der Waals surface area (Å²) in [6, 6.07) is 10.4. The number of rotatable bonds is 6. The van der Waals surface area contributed by atoms with Crippen molar-refractivity contribution < 1.29 is 8.42 Å². The second-order valence-electron chi connectivity index (χ2n) is 7.43. The van der Waals surface area contributed by atoms with Crippen LogP contribution in [0.3, 0.4) is 0 Å². The Hall–Kier alpha value is -0.990. The number of nitrogens with one attached hydrogen (secondary N) is 1. The molecule has 2 aliphatic rings. The Morgan fingerprint density at radius 3 is 2.15 bits per heavy atom. The summed E-state index contributed by atoms with van der Waals surface area (Å²) >= 11 is 0. The minimum absolute atomic E-state index is 0.0940. The predicted octanol–water partition coefficient (Wildman–Crippen LogP) is 1.69. The van der Waals surface area contributed by atoms with Crippen LogP contribution in [0.2, 0.25) is 0 Å². The molecule has 146 valence electrons. The minimum atomic E-state index is -3.43. The fraction of sp³-hybridized carbons (Fsp3) is 0.684. The Kier molecular flexibility index (Phi) is 7.05. The molecule has 2 saturated heterocycles. The molecule has 1 aromatic carbocycles. The lowest BCUT2D eigenvalue weighted by molar-refractivity contribution is 0.201. The Balaban J connectivity index is 1.69. The number of piperazine rings is 1. The van der Waals surface area contributed by atoms with Crippen LogP contribution in [-0.4, -0.2) is 75.4 Å². The molecule has 3 rings (SSSR count). The summed E-state index contributed by atoms with van der Waals surface area (Å²) < 4.78 is 30.0. The maximum Gasteiger partial charge on any atom is 0.279 e. The molecular weight excluding hydrogens is 348 g/mol. The predicted molar refractivity (Wildman–Crippen MR) is 105 cm³/mol. The monoisotopic (exact) mass is 380 g/mol. The standard InChI is InChI=1S/C19H32N4O2S/c1-21-13-15-23(16-14-21)26(24,25)20-17-19(18-9-5-4-6-10-18)22-11-7-2-3-8-12-22/h4-6,9-10,19-20H,2-3,7-8,11-17H2,1H3/t19-/m0/s1. The highest BCUT2D eigenvalue weighted by Crippen LogP contribution is 2.24. The van der Waals surface area contributed by atoms with Gasteiger partial charge in [0.05, 0.1) is 0 Å². The maximum absolute atomic E-state index is 12.8. The van der Waals surface area contributed by atoms with E-state index in [1.807, 2.05) is 25.2 Å². The van der Waals surface area contributed by atoms with Crippen molar-refractivity contribution >= 4 is 10.2 Å². The summed E-state index contributed by atoms with van der Waals surface area (Å²) in [5.74, 6) is 0. The van der Waals surface area contributed by atoms with E-state index in [1.54, 1.807) is 4.31 Å². The molecule has 2 fully saturated rings. The molecular formula is C19H32N4O2S. The Morgan fingerprint density at radius 2 is 1.54 bits per heavy atom. The number of likely N-dealkylation sites (N-methyl/N-ethyl adjacent to an activating group) is 1. The van der Waals surface area contributed by atoms with Gasteiger partial charge in [0.15, 0.2) is 0 Å². The van der Waals surface area contributed by atoms with Gasteiger partial charge < -0.3 is 4.90 Å². The van der Waals surface area contributed by atoms with E-state index in [0.29, 0.717) is 19.6 Å². The van der Waals surface area contributed by atoms with Gasteiger partial charge in [-0.25, -0.2) is 4.72 Å². The van der Waals surface area contributed by atoms with Crippen LogP contribution in [0, 0.1) is 0 Å². The van der Waals surface area contributed by atoms with Crippen LogP contribution in [0.1, 0.15) is 37.3 Å². The van der Waals surface area contributed by atoms with E-state index in [4.69, 9.17) is 0 Å². The molecule has 26 heavy (non-hydrogen) atoms. The first-order valence-electron chi connectivity index (χ1n) is 9.78. The van der Waals surface area contributed by atoms with E-state index in [9.17, 15) is 8.42 Å². The molecule has 0 aliphatic carbocycles. The van der Waals surface area contributed by atoms with E-state index in [1.165, 1.54) is 31.2 Å². The summed E-state index contributed by atoms with van der Waals surface area (Å²) in [7, 11) is -1.40. The van der Waals surface area contributed by atoms with E-state index in [2.05, 4.69) is 26.7 Å². The number of hydrogen-bond acceptors (Lipinski definition) is 4. The van der Waals surface area contributed by atoms with E-state index >= 15 is 0 Å². The lowest BCUT2D eigenvalue weighted by Gasteiger charge is -2.34. The molecule has 7 heteroatoms. The SMILES string of the molecule is CN1CCN(S(=O)(=O)NC[C@@H](c2ccccc2)N2CCCCCC2)CC1. The molecule has 0 saturated carbocycles. The van der Waals surface area contributed by atoms with Crippen molar-refractivity contribution in [3.8, 4) is 0 Å². The summed E-state index contributed by atoms with van der Waals surface area (Å²) in [5, 5.41) is 0. The average Bonchev–Trinajstić information content (AvgIpc) is 2.92. The largest absolute Gasteiger partial charge is 0.304 e. The van der Waals surface area contributed by atoms with Crippen LogP contribution in [0.5, 0.6) is 0 Å². The van der Waals surface area contributed by atoms with Gasteiger partial charge in [-0.1, -0.05) is 43.2 Å². The quantitative estimate of drug-likeness (QED) is 0.816. The van der Waals surface area contributed by atoms with Gasteiger partial charge in [0.25, 0.3) is 10.2 Å². The molecule has 0 radical (unpaired) electrons. The van der Waals surface area contributed by atoms with Gasteiger partial charge in [0.2, 0.25) is 0 Å². The lowest BCUT2D eigenvalue weighted by atomic mass is 10.1. The Morgan fingerprint density at radius 1 is 0.923 bits per heavy atom. The first kappa shape index (κ1) is 19.8. The van der Waals surface area contributed by atoms with Gasteiger partial charge in [-0.15, -0.1) is 0 Å². The maximum atomic E-state index is 12.8. The van der Waals surface area contributed by atoms with Crippen LogP contribution >= 0.6 is 0 Å². The molecule has 6 nitrogen and oxygen atoms in total. The summed E-state index contributed by atoms with van der Waals surface area (Å²) in [4.78, 5) is 4.62. The zero-order valence-corrected chi connectivity index (χ0v) is 16.6. The van der Waals surface area contributed by atoms with Crippen LogP contribution in [0.4, 0.5) is 0 Å². The van der Waals surface area contributed by atoms with Crippen molar-refractivity contribution in [3.05, 3.63) is 35.9 Å². The molecule has 1 N–H and O–H groups in total. The summed E-state index contributed by atoms with van der Waals surface area (Å²) in [5.41, 5.74) is 1.19. The van der Waals surface area contributed by atoms with E-state index in [0.717, 1.165) is 26.2 Å². The van der Waals surface area contributed by atoms with Crippen LogP contribution in [0.25, 0.3) is 0 Å². The average molecular weight is 381 g/mol. The van der Waals surface area contributed by atoms with Gasteiger partial charge in [0, 0.05) is 38.8 Å². The number of benzene rings is 1. The lowest BCUT2D eigenvalue weighted by Crippen LogP contribution is -2.52. The molecule has 2 aliphatic heterocycles. The third-order valence-corrected chi connectivity index (χ3v) is 7.10. The highest BCUT2D eigenvalue weighted by molar-refractivity contribution is 7.87. The van der Waals surface area contributed by atoms with Crippen molar-refractivity contribution in [2.24, 2.45) is 0 Å². The van der Waals surface area contributed by atoms with Gasteiger partial charge in [0.1, 0.15) is 0 Å². The molecule has 0 bridgehead atoms. The topological polar surface area (TPSA) is 55.9 Å². The fourth-order valence-electron chi connectivity index (χ4n) is 3.84. The Labute approximate surface area is 158 Å². The molecule has 0 spiro atoms. The van der Waals surface area contributed by atoms with Gasteiger partial charge in [-0.2, -0.15) is 12.7 Å². The van der Waals surface area contributed by atoms with Crippen molar-refractivity contribution in [2.45, 2.75) is 31.7 Å². The van der Waals surface area contributed by atoms with Gasteiger partial charge in [-0.05, 0) is 38.5 Å². The van der Waals surface area contributed by atoms with Gasteiger partial charge in [-0.3, -0.25) is 4.90 Å². The summed E-state index contributed by atoms with van der Waals surface area (Å²) in [6.07, 6.45) is 4.92. The smallest absolute Gasteiger partial charge is 0.279 e. The van der Waals surface area contributed by atoms with Crippen molar-refractivity contribution in [2.75, 3.05) is 52.9 Å². The van der Waals surface area contributed by atoms with Gasteiger partial charge >= 0.3 is 0 Å². The first-order valence-corrected chi connectivity index (χ1v) is 11.2. The van der Waals surface area contributed by atoms with Crippen molar-refractivity contribution in [1.29, 1.82) is 0 Å². The highest BCUT2D eigenvalue weighted by atomic mass is 32.2. The molecule has 0 unspecified atom stereocenters. The van der Waals surface area contributed by atoms with Crippen LogP contribution in [-0.2, 0) is 10.2 Å². The third kappa shape index (κ3) is 5.27. The molecule has 0 amide bonds. The second kappa shape index (κ2) is 9.28. The second-order valence-corrected chi connectivity index (χ2v) is 9.19. The van der Waals surface area contributed by atoms with Crippen molar-refractivity contribution in [1.82, 2.24) is 18.8 Å². The summed E-state index contributed by atoms with van der Waals surface area (Å²) in [6.45, 7) is 5.20. The number of hydrogen-bond donors (Lipinski definition) is 1. The number of nitrogens with zero attached hydrogens (tertiary/aromatic N) is 3.